The van der Waals surface area contributed by atoms with Crippen molar-refractivity contribution in [2.75, 3.05) is 11.9 Å². The van der Waals surface area contributed by atoms with Crippen molar-refractivity contribution in [1.29, 1.82) is 0 Å². The van der Waals surface area contributed by atoms with Crippen molar-refractivity contribution in [3.8, 4) is 0 Å². The Labute approximate surface area is 107 Å². The normalized spacial score (nSPS) is 24.6. The van der Waals surface area contributed by atoms with Gasteiger partial charge in [-0.05, 0) is 42.9 Å². The average Bonchev–Trinajstić information content (AvgIpc) is 2.33. The van der Waals surface area contributed by atoms with Crippen LogP contribution in [-0.2, 0) is 0 Å². The van der Waals surface area contributed by atoms with E-state index in [4.69, 9.17) is 11.6 Å². The molecule has 1 saturated carbocycles. The Morgan fingerprint density at radius 1 is 1.29 bits per heavy atom. The van der Waals surface area contributed by atoms with Crippen molar-refractivity contribution in [2.45, 2.75) is 32.6 Å². The van der Waals surface area contributed by atoms with Crippen LogP contribution in [-0.4, -0.2) is 6.54 Å². The maximum atomic E-state index is 13.0. The monoisotopic (exact) mass is 255 g/mol. The van der Waals surface area contributed by atoms with Crippen LogP contribution in [0.15, 0.2) is 18.2 Å². The minimum Gasteiger partial charge on any atom is -0.385 e. The third-order valence-corrected chi connectivity index (χ3v) is 3.94. The van der Waals surface area contributed by atoms with Crippen LogP contribution in [0.5, 0.6) is 0 Å². The quantitative estimate of drug-likeness (QED) is 0.824. The lowest BCUT2D eigenvalue weighted by atomic mass is 9.83. The molecule has 17 heavy (non-hydrogen) atoms. The first kappa shape index (κ1) is 12.7. The first-order valence-electron chi connectivity index (χ1n) is 6.34. The van der Waals surface area contributed by atoms with Crippen LogP contribution in [0.2, 0.25) is 5.02 Å². The fraction of sp³-hybridized carbons (Fsp3) is 0.571. The van der Waals surface area contributed by atoms with Gasteiger partial charge in [0.15, 0.2) is 0 Å². The second-order valence-electron chi connectivity index (χ2n) is 5.14. The van der Waals surface area contributed by atoms with E-state index in [1.54, 1.807) is 12.1 Å². The first-order chi connectivity index (χ1) is 8.15. The van der Waals surface area contributed by atoms with E-state index in [1.807, 2.05) is 0 Å². The van der Waals surface area contributed by atoms with Gasteiger partial charge in [0.05, 0.1) is 5.02 Å². The number of anilines is 1. The van der Waals surface area contributed by atoms with Gasteiger partial charge < -0.3 is 5.32 Å². The fourth-order valence-corrected chi connectivity index (χ4v) is 2.58. The van der Waals surface area contributed by atoms with Crippen molar-refractivity contribution in [1.82, 2.24) is 0 Å². The minimum absolute atomic E-state index is 0.187. The van der Waals surface area contributed by atoms with Crippen LogP contribution in [0, 0.1) is 17.7 Å². The molecule has 0 spiro atoms. The maximum absolute atomic E-state index is 13.0. The number of benzene rings is 1. The molecule has 94 valence electrons. The second kappa shape index (κ2) is 5.72. The van der Waals surface area contributed by atoms with Gasteiger partial charge in [0.1, 0.15) is 5.82 Å². The third-order valence-electron chi connectivity index (χ3n) is 3.65. The summed E-state index contributed by atoms with van der Waals surface area (Å²) in [6.07, 6.45) is 5.25. The molecule has 0 atom stereocenters. The predicted molar refractivity (Wildman–Crippen MR) is 71.0 cm³/mol. The summed E-state index contributed by atoms with van der Waals surface area (Å²) in [6.45, 7) is 3.29. The zero-order valence-electron chi connectivity index (χ0n) is 10.2. The zero-order chi connectivity index (χ0) is 12.3. The molecule has 1 aliphatic carbocycles. The molecule has 0 aromatic heterocycles. The van der Waals surface area contributed by atoms with Crippen LogP contribution >= 0.6 is 11.6 Å². The van der Waals surface area contributed by atoms with Gasteiger partial charge in [0, 0.05) is 12.2 Å². The second-order valence-corrected chi connectivity index (χ2v) is 5.54. The molecule has 0 radical (unpaired) electrons. The molecule has 1 aromatic carbocycles. The molecule has 0 aliphatic heterocycles. The van der Waals surface area contributed by atoms with Crippen LogP contribution in [0.1, 0.15) is 32.6 Å². The molecule has 1 aliphatic rings. The van der Waals surface area contributed by atoms with Gasteiger partial charge in [-0.15, -0.1) is 0 Å². The van der Waals surface area contributed by atoms with Gasteiger partial charge >= 0.3 is 0 Å². The summed E-state index contributed by atoms with van der Waals surface area (Å²) in [5, 5.41) is 3.53. The highest BCUT2D eigenvalue weighted by molar-refractivity contribution is 6.31. The van der Waals surface area contributed by atoms with Crippen LogP contribution in [0.3, 0.4) is 0 Å². The Morgan fingerprint density at radius 2 is 2.00 bits per heavy atom. The van der Waals surface area contributed by atoms with E-state index in [-0.39, 0.29) is 10.8 Å². The zero-order valence-corrected chi connectivity index (χ0v) is 10.9. The summed E-state index contributed by atoms with van der Waals surface area (Å²) in [4.78, 5) is 0. The van der Waals surface area contributed by atoms with E-state index in [0.717, 1.165) is 24.1 Å². The number of hydrogen-bond donors (Lipinski definition) is 1. The number of hydrogen-bond acceptors (Lipinski definition) is 1. The van der Waals surface area contributed by atoms with E-state index in [9.17, 15) is 4.39 Å². The van der Waals surface area contributed by atoms with E-state index < -0.39 is 0 Å². The minimum atomic E-state index is -0.358. The summed E-state index contributed by atoms with van der Waals surface area (Å²) < 4.78 is 13.0. The van der Waals surface area contributed by atoms with Crippen molar-refractivity contribution in [2.24, 2.45) is 11.8 Å². The molecule has 0 saturated heterocycles. The highest BCUT2D eigenvalue weighted by atomic mass is 35.5. The molecule has 1 nitrogen and oxygen atoms in total. The van der Waals surface area contributed by atoms with Gasteiger partial charge in [-0.25, -0.2) is 4.39 Å². The lowest BCUT2D eigenvalue weighted by Gasteiger charge is -2.26. The molecule has 2 rings (SSSR count). The Balaban J connectivity index is 1.83. The summed E-state index contributed by atoms with van der Waals surface area (Å²) in [5.41, 5.74) is 0.912. The molecule has 0 unspecified atom stereocenters. The highest BCUT2D eigenvalue weighted by Crippen LogP contribution is 2.28. The van der Waals surface area contributed by atoms with Crippen molar-refractivity contribution in [3.63, 3.8) is 0 Å². The van der Waals surface area contributed by atoms with Gasteiger partial charge in [-0.2, -0.15) is 0 Å². The molecule has 1 aromatic rings. The Hall–Kier alpha value is -0.760. The number of nitrogens with one attached hydrogen (secondary N) is 1. The standard InChI is InChI=1S/C14H19ClFN/c1-10-2-4-11(5-3-10)9-17-12-6-7-14(16)13(15)8-12/h6-8,10-11,17H,2-5,9H2,1H3. The van der Waals surface area contributed by atoms with Gasteiger partial charge in [0.2, 0.25) is 0 Å². The molecule has 0 bridgehead atoms. The lowest BCUT2D eigenvalue weighted by Crippen LogP contribution is -2.20. The van der Waals surface area contributed by atoms with E-state index >= 15 is 0 Å². The Bertz CT molecular complexity index is 372. The third kappa shape index (κ3) is 3.60. The van der Waals surface area contributed by atoms with Gasteiger partial charge in [-0.3, -0.25) is 0 Å². The van der Waals surface area contributed by atoms with Crippen LogP contribution in [0.4, 0.5) is 10.1 Å². The van der Waals surface area contributed by atoms with Crippen molar-refractivity contribution in [3.05, 3.63) is 29.0 Å². The Morgan fingerprint density at radius 3 is 2.65 bits per heavy atom. The first-order valence-corrected chi connectivity index (χ1v) is 6.72. The van der Waals surface area contributed by atoms with Gasteiger partial charge in [-0.1, -0.05) is 31.4 Å². The number of halogens is 2. The van der Waals surface area contributed by atoms with Crippen LogP contribution < -0.4 is 5.32 Å². The average molecular weight is 256 g/mol. The maximum Gasteiger partial charge on any atom is 0.141 e. The van der Waals surface area contributed by atoms with Crippen molar-refractivity contribution < 1.29 is 4.39 Å². The predicted octanol–water partition coefficient (Wildman–Crippen LogP) is 4.72. The SMILES string of the molecule is CC1CCC(CNc2ccc(F)c(Cl)c2)CC1. The molecule has 1 fully saturated rings. The lowest BCUT2D eigenvalue weighted by molar-refractivity contribution is 0.300. The van der Waals surface area contributed by atoms with Crippen LogP contribution in [0.25, 0.3) is 0 Å². The van der Waals surface area contributed by atoms with E-state index in [1.165, 1.54) is 31.7 Å². The highest BCUT2D eigenvalue weighted by Gasteiger charge is 2.17. The number of rotatable bonds is 3. The molecular formula is C14H19ClFN. The fourth-order valence-electron chi connectivity index (χ4n) is 2.40. The van der Waals surface area contributed by atoms with E-state index in [0.29, 0.717) is 0 Å². The molecule has 1 N–H and O–H groups in total. The smallest absolute Gasteiger partial charge is 0.141 e. The molecule has 0 amide bonds. The van der Waals surface area contributed by atoms with Crippen molar-refractivity contribution >= 4 is 17.3 Å². The summed E-state index contributed by atoms with van der Waals surface area (Å²) >= 11 is 5.74. The Kier molecular flexibility index (Phi) is 4.27. The van der Waals surface area contributed by atoms with Gasteiger partial charge in [0.25, 0.3) is 0 Å². The summed E-state index contributed by atoms with van der Waals surface area (Å²) in [7, 11) is 0. The molecule has 0 heterocycles. The summed E-state index contributed by atoms with van der Waals surface area (Å²) in [5.74, 6) is 1.27. The molecular weight excluding hydrogens is 237 g/mol. The van der Waals surface area contributed by atoms with E-state index in [2.05, 4.69) is 12.2 Å². The largest absolute Gasteiger partial charge is 0.385 e. The molecule has 3 heteroatoms. The topological polar surface area (TPSA) is 12.0 Å². The summed E-state index contributed by atoms with van der Waals surface area (Å²) in [6, 6.07) is 4.81.